The SMILES string of the molecule is O=C(CNCc1ccc(Cl)c(Cl)c1)N1CCC[C@@H](c2ccccc2)[C@H]1CN1CCCC1. The molecule has 2 fully saturated rings. The zero-order chi connectivity index (χ0) is 21.6. The summed E-state index contributed by atoms with van der Waals surface area (Å²) in [7, 11) is 0. The molecular weight excluding hydrogens is 429 g/mol. The third-order valence-corrected chi connectivity index (χ3v) is 7.30. The minimum absolute atomic E-state index is 0.185. The Bertz CT molecular complexity index is 870. The van der Waals surface area contributed by atoms with Gasteiger partial charge >= 0.3 is 0 Å². The second-order valence-electron chi connectivity index (χ2n) is 8.67. The van der Waals surface area contributed by atoms with Crippen molar-refractivity contribution in [3.63, 3.8) is 0 Å². The smallest absolute Gasteiger partial charge is 0.236 e. The first-order chi connectivity index (χ1) is 15.1. The van der Waals surface area contributed by atoms with E-state index in [9.17, 15) is 4.79 Å². The molecule has 2 aliphatic heterocycles. The lowest BCUT2D eigenvalue weighted by atomic mass is 9.83. The Kier molecular flexibility index (Phi) is 7.89. The van der Waals surface area contributed by atoms with Gasteiger partial charge in [-0.25, -0.2) is 0 Å². The molecule has 0 unspecified atom stereocenters. The topological polar surface area (TPSA) is 35.6 Å². The second kappa shape index (κ2) is 10.8. The molecular formula is C25H31Cl2N3O. The van der Waals surface area contributed by atoms with Crippen LogP contribution in [0.15, 0.2) is 48.5 Å². The molecule has 0 aromatic heterocycles. The lowest BCUT2D eigenvalue weighted by Crippen LogP contribution is -2.54. The van der Waals surface area contributed by atoms with Crippen LogP contribution < -0.4 is 5.32 Å². The molecule has 0 radical (unpaired) electrons. The van der Waals surface area contributed by atoms with Crippen LogP contribution in [0.1, 0.15) is 42.7 Å². The second-order valence-corrected chi connectivity index (χ2v) is 9.49. The first-order valence-corrected chi connectivity index (χ1v) is 12.1. The van der Waals surface area contributed by atoms with Crippen molar-refractivity contribution >= 4 is 29.1 Å². The van der Waals surface area contributed by atoms with Gasteiger partial charge in [0.2, 0.25) is 5.91 Å². The van der Waals surface area contributed by atoms with Gasteiger partial charge in [0, 0.05) is 25.6 Å². The molecule has 2 saturated heterocycles. The Morgan fingerprint density at radius 1 is 0.968 bits per heavy atom. The molecule has 0 saturated carbocycles. The maximum absolute atomic E-state index is 13.3. The maximum atomic E-state index is 13.3. The lowest BCUT2D eigenvalue weighted by molar-refractivity contribution is -0.135. The van der Waals surface area contributed by atoms with Crippen molar-refractivity contribution < 1.29 is 4.79 Å². The van der Waals surface area contributed by atoms with Gasteiger partial charge in [0.25, 0.3) is 0 Å². The third-order valence-electron chi connectivity index (χ3n) is 6.56. The molecule has 31 heavy (non-hydrogen) atoms. The summed E-state index contributed by atoms with van der Waals surface area (Å²) in [5.41, 5.74) is 2.38. The molecule has 2 aromatic carbocycles. The van der Waals surface area contributed by atoms with E-state index in [1.807, 2.05) is 12.1 Å². The first kappa shape index (κ1) is 22.6. The highest BCUT2D eigenvalue weighted by atomic mass is 35.5. The molecule has 6 heteroatoms. The number of benzene rings is 2. The van der Waals surface area contributed by atoms with Crippen LogP contribution in [-0.2, 0) is 11.3 Å². The monoisotopic (exact) mass is 459 g/mol. The predicted octanol–water partition coefficient (Wildman–Crippen LogP) is 4.95. The fourth-order valence-corrected chi connectivity index (χ4v) is 5.30. The van der Waals surface area contributed by atoms with Crippen LogP contribution in [0.3, 0.4) is 0 Å². The Hall–Kier alpha value is -1.59. The number of hydrogen-bond acceptors (Lipinski definition) is 3. The number of carbonyl (C=O) groups excluding carboxylic acids is 1. The number of rotatable bonds is 7. The van der Waals surface area contributed by atoms with Gasteiger partial charge in [-0.1, -0.05) is 59.6 Å². The number of carbonyl (C=O) groups is 1. The Labute approximate surface area is 195 Å². The lowest BCUT2D eigenvalue weighted by Gasteiger charge is -2.43. The molecule has 0 aliphatic carbocycles. The van der Waals surface area contributed by atoms with E-state index in [-0.39, 0.29) is 11.9 Å². The molecule has 0 bridgehead atoms. The largest absolute Gasteiger partial charge is 0.337 e. The molecule has 2 atom stereocenters. The van der Waals surface area contributed by atoms with Gasteiger partial charge in [-0.05, 0) is 62.0 Å². The zero-order valence-corrected chi connectivity index (χ0v) is 19.4. The van der Waals surface area contributed by atoms with Crippen molar-refractivity contribution in [3.8, 4) is 0 Å². The number of nitrogens with zero attached hydrogens (tertiary/aromatic N) is 2. The molecule has 1 amide bonds. The van der Waals surface area contributed by atoms with Crippen molar-refractivity contribution in [3.05, 3.63) is 69.7 Å². The van der Waals surface area contributed by atoms with Crippen LogP contribution in [-0.4, -0.2) is 54.5 Å². The summed E-state index contributed by atoms with van der Waals surface area (Å²) in [5, 5.41) is 4.40. The summed E-state index contributed by atoms with van der Waals surface area (Å²) in [6.07, 6.45) is 4.72. The van der Waals surface area contributed by atoms with Gasteiger partial charge in [0.05, 0.1) is 22.6 Å². The van der Waals surface area contributed by atoms with Gasteiger partial charge in [-0.3, -0.25) is 4.79 Å². The molecule has 2 heterocycles. The summed E-state index contributed by atoms with van der Waals surface area (Å²) in [6, 6.07) is 16.5. The number of amides is 1. The van der Waals surface area contributed by atoms with E-state index in [0.29, 0.717) is 29.1 Å². The van der Waals surface area contributed by atoms with E-state index in [4.69, 9.17) is 23.2 Å². The van der Waals surface area contributed by atoms with Crippen LogP contribution >= 0.6 is 23.2 Å². The molecule has 166 valence electrons. The van der Waals surface area contributed by atoms with E-state index < -0.39 is 0 Å². The van der Waals surface area contributed by atoms with Crippen LogP contribution in [0.2, 0.25) is 10.0 Å². The van der Waals surface area contributed by atoms with E-state index in [1.165, 1.54) is 18.4 Å². The highest BCUT2D eigenvalue weighted by Gasteiger charge is 2.36. The van der Waals surface area contributed by atoms with Gasteiger partial charge < -0.3 is 15.1 Å². The molecule has 2 aliphatic rings. The average molecular weight is 460 g/mol. The van der Waals surface area contributed by atoms with E-state index in [1.54, 1.807) is 6.07 Å². The van der Waals surface area contributed by atoms with Crippen molar-refractivity contribution in [1.29, 1.82) is 0 Å². The highest BCUT2D eigenvalue weighted by Crippen LogP contribution is 2.34. The molecule has 4 rings (SSSR count). The first-order valence-electron chi connectivity index (χ1n) is 11.3. The number of hydrogen-bond donors (Lipinski definition) is 1. The molecule has 1 N–H and O–H groups in total. The summed E-state index contributed by atoms with van der Waals surface area (Å²) in [5.74, 6) is 0.583. The summed E-state index contributed by atoms with van der Waals surface area (Å²) < 4.78 is 0. The summed E-state index contributed by atoms with van der Waals surface area (Å²) in [6.45, 7) is 5.03. The van der Waals surface area contributed by atoms with E-state index >= 15 is 0 Å². The minimum Gasteiger partial charge on any atom is -0.337 e. The van der Waals surface area contributed by atoms with Gasteiger partial charge in [0.15, 0.2) is 0 Å². The third kappa shape index (κ3) is 5.81. The normalized spacial score (nSPS) is 22.1. The molecule has 0 spiro atoms. The van der Waals surface area contributed by atoms with E-state index in [2.05, 4.69) is 45.4 Å². The number of nitrogens with one attached hydrogen (secondary N) is 1. The fourth-order valence-electron chi connectivity index (χ4n) is 4.98. The maximum Gasteiger partial charge on any atom is 0.236 e. The standard InChI is InChI=1S/C25H31Cl2N3O/c26-22-11-10-19(15-23(22)27)16-28-17-25(31)30-14-6-9-21(20-7-2-1-3-8-20)24(30)18-29-12-4-5-13-29/h1-3,7-8,10-11,15,21,24,28H,4-6,9,12-14,16-18H2/t21-,24+/m0/s1. The van der Waals surface area contributed by atoms with Crippen molar-refractivity contribution in [2.24, 2.45) is 0 Å². The van der Waals surface area contributed by atoms with Crippen LogP contribution in [0.4, 0.5) is 0 Å². The van der Waals surface area contributed by atoms with Crippen molar-refractivity contribution in [2.45, 2.75) is 44.2 Å². The Balaban J connectivity index is 1.43. The number of halogens is 2. The summed E-state index contributed by atoms with van der Waals surface area (Å²) >= 11 is 12.1. The fraction of sp³-hybridized carbons (Fsp3) is 0.480. The van der Waals surface area contributed by atoms with Crippen molar-refractivity contribution in [1.82, 2.24) is 15.1 Å². The highest BCUT2D eigenvalue weighted by molar-refractivity contribution is 6.42. The zero-order valence-electron chi connectivity index (χ0n) is 17.9. The number of piperidine rings is 1. The summed E-state index contributed by atoms with van der Waals surface area (Å²) in [4.78, 5) is 17.9. The van der Waals surface area contributed by atoms with Gasteiger partial charge in [-0.2, -0.15) is 0 Å². The van der Waals surface area contributed by atoms with Crippen LogP contribution in [0.5, 0.6) is 0 Å². The average Bonchev–Trinajstić information content (AvgIpc) is 3.30. The van der Waals surface area contributed by atoms with Gasteiger partial charge in [0.1, 0.15) is 0 Å². The Morgan fingerprint density at radius 3 is 2.48 bits per heavy atom. The minimum atomic E-state index is 0.185. The van der Waals surface area contributed by atoms with Crippen LogP contribution in [0, 0.1) is 0 Å². The predicted molar refractivity (Wildman–Crippen MR) is 128 cm³/mol. The van der Waals surface area contributed by atoms with E-state index in [0.717, 1.165) is 44.6 Å². The van der Waals surface area contributed by atoms with Gasteiger partial charge in [-0.15, -0.1) is 0 Å². The van der Waals surface area contributed by atoms with Crippen molar-refractivity contribution in [2.75, 3.05) is 32.7 Å². The molecule has 2 aromatic rings. The quantitative estimate of drug-likeness (QED) is 0.635. The number of likely N-dealkylation sites (tertiary alicyclic amines) is 2. The van der Waals surface area contributed by atoms with Crippen LogP contribution in [0.25, 0.3) is 0 Å². The molecule has 4 nitrogen and oxygen atoms in total. The Morgan fingerprint density at radius 2 is 1.74 bits per heavy atom.